The molecule has 3 rings (SSSR count). The van der Waals surface area contributed by atoms with Gasteiger partial charge in [0.1, 0.15) is 0 Å². The first-order chi connectivity index (χ1) is 7.64. The minimum Gasteiger partial charge on any atom is -0.375 e. The average molecular weight is 245 g/mol. The number of fused-ring (bicyclic) bond motifs is 2. The minimum absolute atomic E-state index is 0.297. The highest BCUT2D eigenvalue weighted by atomic mass is 32.2. The predicted molar refractivity (Wildman–Crippen MR) is 60.5 cm³/mol. The van der Waals surface area contributed by atoms with Crippen LogP contribution in [-0.2, 0) is 14.8 Å². The van der Waals surface area contributed by atoms with Crippen molar-refractivity contribution in [3.8, 4) is 0 Å². The highest BCUT2D eigenvalue weighted by Gasteiger charge is 2.44. The Hall–Kier alpha value is -0.130. The average Bonchev–Trinajstić information content (AvgIpc) is 2.80. The molecule has 2 bridgehead atoms. The molecule has 0 aromatic rings. The summed E-state index contributed by atoms with van der Waals surface area (Å²) in [6.45, 7) is 0.625. The predicted octanol–water partition coefficient (Wildman–Crippen LogP) is 0.883. The Morgan fingerprint density at radius 2 is 2.06 bits per heavy atom. The number of hydrogen-bond donors (Lipinski definition) is 1. The molecule has 0 amide bonds. The van der Waals surface area contributed by atoms with Crippen LogP contribution in [0.25, 0.3) is 0 Å². The highest BCUT2D eigenvalue weighted by Crippen LogP contribution is 2.43. The van der Waals surface area contributed by atoms with Crippen LogP contribution >= 0.6 is 0 Å². The highest BCUT2D eigenvalue weighted by molar-refractivity contribution is 7.89. The van der Waals surface area contributed by atoms with Crippen molar-refractivity contribution in [1.29, 1.82) is 0 Å². The van der Waals surface area contributed by atoms with Crippen LogP contribution < -0.4 is 4.72 Å². The fourth-order valence-corrected chi connectivity index (χ4v) is 4.64. The van der Waals surface area contributed by atoms with Crippen LogP contribution in [-0.4, -0.2) is 32.9 Å². The first kappa shape index (κ1) is 11.0. The fraction of sp³-hybridized carbons (Fsp3) is 1.00. The van der Waals surface area contributed by atoms with Crippen molar-refractivity contribution in [3.05, 3.63) is 0 Å². The van der Waals surface area contributed by atoms with E-state index in [9.17, 15) is 8.42 Å². The minimum atomic E-state index is -2.99. The van der Waals surface area contributed by atoms with Crippen molar-refractivity contribution in [3.63, 3.8) is 0 Å². The zero-order valence-electron chi connectivity index (χ0n) is 9.39. The topological polar surface area (TPSA) is 55.4 Å². The molecule has 3 aliphatic heterocycles. The maximum Gasteiger partial charge on any atom is 0.211 e. The molecule has 3 aliphatic rings. The van der Waals surface area contributed by atoms with E-state index < -0.39 is 10.0 Å². The second kappa shape index (κ2) is 3.96. The summed E-state index contributed by atoms with van der Waals surface area (Å²) in [5.41, 5.74) is 0. The summed E-state index contributed by atoms with van der Waals surface area (Å²) in [6.07, 6.45) is 6.25. The lowest BCUT2D eigenvalue weighted by Crippen LogP contribution is -2.34. The Morgan fingerprint density at radius 1 is 1.19 bits per heavy atom. The molecule has 4 nitrogen and oxygen atoms in total. The van der Waals surface area contributed by atoms with E-state index in [-0.39, 0.29) is 0 Å². The van der Waals surface area contributed by atoms with Crippen molar-refractivity contribution >= 4 is 10.0 Å². The van der Waals surface area contributed by atoms with E-state index >= 15 is 0 Å². The van der Waals surface area contributed by atoms with Gasteiger partial charge in [-0.05, 0) is 43.9 Å². The van der Waals surface area contributed by atoms with Crippen LogP contribution in [0.4, 0.5) is 0 Å². The summed E-state index contributed by atoms with van der Waals surface area (Å²) in [6, 6.07) is 0. The third kappa shape index (κ3) is 2.00. The third-order valence-corrected chi connectivity index (χ3v) is 5.74. The van der Waals surface area contributed by atoms with Crippen LogP contribution in [0, 0.1) is 11.8 Å². The van der Waals surface area contributed by atoms with Gasteiger partial charge in [-0.1, -0.05) is 0 Å². The summed E-state index contributed by atoms with van der Waals surface area (Å²) >= 11 is 0. The molecular weight excluding hydrogens is 226 g/mol. The Kier molecular flexibility index (Phi) is 2.72. The van der Waals surface area contributed by atoms with Crippen molar-refractivity contribution < 1.29 is 13.2 Å². The van der Waals surface area contributed by atoms with Gasteiger partial charge in [0.05, 0.1) is 18.0 Å². The zero-order valence-corrected chi connectivity index (χ0v) is 10.2. The lowest BCUT2D eigenvalue weighted by atomic mass is 9.78. The SMILES string of the molecule is O=S1(=O)CCCC(C2CC3CCC2O3)CN1. The standard InChI is InChI=1S/C11H19NO3S/c13-16(14)5-1-2-8(7-12-16)10-6-9-3-4-11(10)15-9/h8-12H,1-7H2. The van der Waals surface area contributed by atoms with Gasteiger partial charge in [0.2, 0.25) is 10.0 Å². The largest absolute Gasteiger partial charge is 0.375 e. The van der Waals surface area contributed by atoms with Gasteiger partial charge in [0.15, 0.2) is 0 Å². The van der Waals surface area contributed by atoms with E-state index in [4.69, 9.17) is 4.74 Å². The van der Waals surface area contributed by atoms with E-state index in [0.29, 0.717) is 36.3 Å². The molecule has 3 saturated heterocycles. The maximum absolute atomic E-state index is 11.4. The van der Waals surface area contributed by atoms with Gasteiger partial charge in [0.25, 0.3) is 0 Å². The molecule has 0 aliphatic carbocycles. The van der Waals surface area contributed by atoms with E-state index in [1.54, 1.807) is 0 Å². The monoisotopic (exact) mass is 245 g/mol. The van der Waals surface area contributed by atoms with Gasteiger partial charge in [-0.2, -0.15) is 0 Å². The van der Waals surface area contributed by atoms with Gasteiger partial charge in [-0.25, -0.2) is 13.1 Å². The number of ether oxygens (including phenoxy) is 1. The van der Waals surface area contributed by atoms with Gasteiger partial charge in [0, 0.05) is 6.54 Å². The Bertz CT molecular complexity index is 367. The summed E-state index contributed by atoms with van der Waals surface area (Å²) in [4.78, 5) is 0. The molecule has 0 radical (unpaired) electrons. The van der Waals surface area contributed by atoms with Crippen LogP contribution in [0.2, 0.25) is 0 Å². The quantitative estimate of drug-likeness (QED) is 0.746. The molecule has 92 valence electrons. The van der Waals surface area contributed by atoms with Crippen molar-refractivity contribution in [1.82, 2.24) is 4.72 Å². The van der Waals surface area contributed by atoms with Gasteiger partial charge < -0.3 is 4.74 Å². The number of hydrogen-bond acceptors (Lipinski definition) is 3. The van der Waals surface area contributed by atoms with E-state index in [1.165, 1.54) is 12.8 Å². The molecule has 4 unspecified atom stereocenters. The molecule has 5 heteroatoms. The van der Waals surface area contributed by atoms with Gasteiger partial charge in [-0.15, -0.1) is 0 Å². The molecule has 0 aromatic heterocycles. The summed E-state index contributed by atoms with van der Waals surface area (Å²) in [7, 11) is -2.99. The van der Waals surface area contributed by atoms with Crippen LogP contribution in [0.5, 0.6) is 0 Å². The fourth-order valence-electron chi connectivity index (χ4n) is 3.48. The number of rotatable bonds is 1. The number of sulfonamides is 1. The molecule has 4 atom stereocenters. The Labute approximate surface area is 96.8 Å². The third-order valence-electron chi connectivity index (χ3n) is 4.31. The van der Waals surface area contributed by atoms with Gasteiger partial charge >= 0.3 is 0 Å². The van der Waals surface area contributed by atoms with Crippen molar-refractivity contribution in [2.24, 2.45) is 11.8 Å². The molecule has 3 heterocycles. The Balaban J connectivity index is 1.67. The van der Waals surface area contributed by atoms with E-state index in [2.05, 4.69) is 4.72 Å². The van der Waals surface area contributed by atoms with Crippen LogP contribution in [0.3, 0.4) is 0 Å². The summed E-state index contributed by atoms with van der Waals surface area (Å²) in [5.74, 6) is 1.39. The second-order valence-electron chi connectivity index (χ2n) is 5.34. The summed E-state index contributed by atoms with van der Waals surface area (Å²) < 4.78 is 31.5. The first-order valence-electron chi connectivity index (χ1n) is 6.27. The first-order valence-corrected chi connectivity index (χ1v) is 7.92. The normalized spacial score (nSPS) is 46.8. The Morgan fingerprint density at radius 3 is 2.75 bits per heavy atom. The maximum atomic E-state index is 11.4. The second-order valence-corrected chi connectivity index (χ2v) is 7.27. The zero-order chi connectivity index (χ0) is 11.2. The molecule has 0 saturated carbocycles. The smallest absolute Gasteiger partial charge is 0.211 e. The molecule has 16 heavy (non-hydrogen) atoms. The van der Waals surface area contributed by atoms with Crippen LogP contribution in [0.1, 0.15) is 32.1 Å². The van der Waals surface area contributed by atoms with Crippen molar-refractivity contribution in [2.45, 2.75) is 44.3 Å². The van der Waals surface area contributed by atoms with Gasteiger partial charge in [-0.3, -0.25) is 0 Å². The number of nitrogens with one attached hydrogen (secondary N) is 1. The molecule has 1 N–H and O–H groups in total. The lowest BCUT2D eigenvalue weighted by molar-refractivity contribution is 0.0810. The van der Waals surface area contributed by atoms with Crippen LogP contribution in [0.15, 0.2) is 0 Å². The molecule has 3 fully saturated rings. The lowest BCUT2D eigenvalue weighted by Gasteiger charge is -2.26. The van der Waals surface area contributed by atoms with E-state index in [0.717, 1.165) is 19.3 Å². The summed E-state index contributed by atoms with van der Waals surface area (Å²) in [5, 5.41) is 0. The van der Waals surface area contributed by atoms with E-state index in [1.807, 2.05) is 0 Å². The molecular formula is C11H19NO3S. The van der Waals surface area contributed by atoms with Crippen molar-refractivity contribution in [2.75, 3.05) is 12.3 Å². The molecule has 0 aromatic carbocycles. The molecule has 0 spiro atoms.